The van der Waals surface area contributed by atoms with Gasteiger partial charge in [-0.05, 0) is 42.3 Å². The van der Waals surface area contributed by atoms with Crippen molar-refractivity contribution >= 4 is 29.2 Å². The van der Waals surface area contributed by atoms with Crippen molar-refractivity contribution < 1.29 is 31.5 Å². The van der Waals surface area contributed by atoms with Crippen LogP contribution in [0.15, 0.2) is 36.4 Å². The Kier molecular flexibility index (Phi) is 5.79. The third-order valence-corrected chi connectivity index (χ3v) is 5.35. The molecule has 2 heterocycles. The van der Waals surface area contributed by atoms with Gasteiger partial charge in [0, 0.05) is 16.1 Å². The molecule has 3 aromatic rings. The highest BCUT2D eigenvalue weighted by Crippen LogP contribution is 2.36. The van der Waals surface area contributed by atoms with E-state index < -0.39 is 46.8 Å². The summed E-state index contributed by atoms with van der Waals surface area (Å²) in [5.41, 5.74) is -1.75. The number of imidazole rings is 1. The predicted molar refractivity (Wildman–Crippen MR) is 111 cm³/mol. The number of anilines is 1. The number of aromatic nitrogens is 2. The third-order valence-electron chi connectivity index (χ3n) is 5.00. The number of nitrogens with one attached hydrogen (secondary N) is 2. The largest absolute Gasteiger partial charge is 0.416 e. The van der Waals surface area contributed by atoms with Crippen LogP contribution in [0.3, 0.4) is 0 Å². The Balaban J connectivity index is 1.80. The van der Waals surface area contributed by atoms with Crippen LogP contribution in [0.4, 0.5) is 27.8 Å². The second-order valence-corrected chi connectivity index (χ2v) is 7.65. The SMILES string of the molecule is C#Cc1nc(NC(=O)c2cc(F)cc(C(F)(F)F)c2)c2n1CC(=O)N[C@H]2c1cc(F)ccc1Cl. The fourth-order valence-electron chi connectivity index (χ4n) is 3.56. The maximum absolute atomic E-state index is 13.9. The lowest BCUT2D eigenvalue weighted by Crippen LogP contribution is -2.39. The van der Waals surface area contributed by atoms with Crippen LogP contribution >= 0.6 is 11.6 Å². The minimum atomic E-state index is -4.88. The molecule has 2 amide bonds. The zero-order chi connectivity index (χ0) is 24.8. The molecule has 2 N–H and O–H groups in total. The third kappa shape index (κ3) is 4.32. The molecule has 0 saturated carbocycles. The quantitative estimate of drug-likeness (QED) is 0.421. The van der Waals surface area contributed by atoms with Crippen molar-refractivity contribution in [2.24, 2.45) is 0 Å². The first kappa shape index (κ1) is 23.3. The van der Waals surface area contributed by atoms with Crippen molar-refractivity contribution in [3.05, 3.63) is 81.3 Å². The number of carbonyl (C=O) groups is 2. The van der Waals surface area contributed by atoms with Crippen LogP contribution in [0, 0.1) is 24.0 Å². The minimum Gasteiger partial charge on any atom is -0.342 e. The van der Waals surface area contributed by atoms with E-state index in [1.807, 2.05) is 0 Å². The molecule has 1 aromatic heterocycles. The lowest BCUT2D eigenvalue weighted by Gasteiger charge is -2.27. The number of benzene rings is 2. The van der Waals surface area contributed by atoms with E-state index in [-0.39, 0.29) is 40.5 Å². The van der Waals surface area contributed by atoms with Crippen LogP contribution < -0.4 is 10.6 Å². The number of terminal acetylenes is 1. The van der Waals surface area contributed by atoms with Gasteiger partial charge in [0.15, 0.2) is 11.6 Å². The first-order valence-corrected chi connectivity index (χ1v) is 9.86. The molecule has 6 nitrogen and oxygen atoms in total. The molecule has 1 aliphatic rings. The molecule has 0 spiro atoms. The van der Waals surface area contributed by atoms with Gasteiger partial charge in [-0.2, -0.15) is 13.2 Å². The highest BCUT2D eigenvalue weighted by Gasteiger charge is 2.35. The molecule has 12 heteroatoms. The van der Waals surface area contributed by atoms with Crippen molar-refractivity contribution in [2.75, 3.05) is 5.32 Å². The molecular formula is C22H12ClF5N4O2. The zero-order valence-electron chi connectivity index (χ0n) is 16.8. The number of hydrogen-bond acceptors (Lipinski definition) is 3. The molecular weight excluding hydrogens is 483 g/mol. The fourth-order valence-corrected chi connectivity index (χ4v) is 3.79. The summed E-state index contributed by atoms with van der Waals surface area (Å²) in [7, 11) is 0. The fraction of sp³-hybridized carbons (Fsp3) is 0.136. The number of carbonyl (C=O) groups excluding carboxylic acids is 2. The summed E-state index contributed by atoms with van der Waals surface area (Å²) in [5, 5.41) is 5.00. The summed E-state index contributed by atoms with van der Waals surface area (Å²) in [6.07, 6.45) is 0.578. The predicted octanol–water partition coefficient (Wildman–Crippen LogP) is 4.29. The summed E-state index contributed by atoms with van der Waals surface area (Å²) >= 11 is 6.19. The van der Waals surface area contributed by atoms with Gasteiger partial charge in [-0.1, -0.05) is 11.6 Å². The van der Waals surface area contributed by atoms with Gasteiger partial charge < -0.3 is 15.2 Å². The van der Waals surface area contributed by atoms with E-state index in [9.17, 15) is 31.5 Å². The van der Waals surface area contributed by atoms with Crippen molar-refractivity contribution in [1.29, 1.82) is 0 Å². The van der Waals surface area contributed by atoms with Gasteiger partial charge in [-0.3, -0.25) is 9.59 Å². The van der Waals surface area contributed by atoms with Crippen molar-refractivity contribution in [2.45, 2.75) is 18.8 Å². The topological polar surface area (TPSA) is 76.0 Å². The summed E-state index contributed by atoms with van der Waals surface area (Å²) in [4.78, 5) is 29.1. The van der Waals surface area contributed by atoms with Gasteiger partial charge >= 0.3 is 6.18 Å². The van der Waals surface area contributed by atoms with Crippen LogP contribution in [-0.2, 0) is 17.5 Å². The van der Waals surface area contributed by atoms with Crippen LogP contribution in [0.5, 0.6) is 0 Å². The maximum atomic E-state index is 13.9. The molecule has 0 bridgehead atoms. The van der Waals surface area contributed by atoms with E-state index in [1.54, 1.807) is 0 Å². The molecule has 1 aliphatic heterocycles. The number of hydrogen-bond donors (Lipinski definition) is 2. The van der Waals surface area contributed by atoms with Crippen molar-refractivity contribution in [3.8, 4) is 12.3 Å². The van der Waals surface area contributed by atoms with Crippen LogP contribution in [0.2, 0.25) is 5.02 Å². The van der Waals surface area contributed by atoms with Gasteiger partial charge in [-0.15, -0.1) is 6.42 Å². The maximum Gasteiger partial charge on any atom is 0.416 e. The number of rotatable bonds is 3. The average Bonchev–Trinajstić information content (AvgIpc) is 3.11. The average molecular weight is 495 g/mol. The van der Waals surface area contributed by atoms with Crippen LogP contribution in [0.25, 0.3) is 0 Å². The zero-order valence-corrected chi connectivity index (χ0v) is 17.6. The molecule has 2 aromatic carbocycles. The summed E-state index contributed by atoms with van der Waals surface area (Å²) < 4.78 is 68.1. The number of fused-ring (bicyclic) bond motifs is 1. The van der Waals surface area contributed by atoms with Gasteiger partial charge in [0.2, 0.25) is 5.91 Å². The molecule has 174 valence electrons. The second kappa shape index (κ2) is 8.46. The van der Waals surface area contributed by atoms with Gasteiger partial charge in [0.1, 0.15) is 18.2 Å². The molecule has 0 saturated heterocycles. The van der Waals surface area contributed by atoms with Gasteiger partial charge in [-0.25, -0.2) is 13.8 Å². The van der Waals surface area contributed by atoms with Crippen LogP contribution in [-0.4, -0.2) is 21.4 Å². The summed E-state index contributed by atoms with van der Waals surface area (Å²) in [5.74, 6) is -1.60. The standard InChI is InChI=1S/C22H12ClF5N4O2/c1-2-16-29-20(31-21(34)10-5-11(22(26,27)28)7-13(25)6-10)19-18(30-17(33)9-32(16)19)14-8-12(24)3-4-15(14)23/h1,3-8,18H,9H2,(H,30,33)(H,31,34)/t18-/m0/s1. The first-order valence-electron chi connectivity index (χ1n) is 9.48. The first-order chi connectivity index (χ1) is 16.0. The van der Waals surface area contributed by atoms with Crippen molar-refractivity contribution in [3.63, 3.8) is 0 Å². The molecule has 0 fully saturated rings. The molecule has 34 heavy (non-hydrogen) atoms. The Morgan fingerprint density at radius 3 is 2.62 bits per heavy atom. The molecule has 4 rings (SSSR count). The monoisotopic (exact) mass is 494 g/mol. The minimum absolute atomic E-state index is 0.0760. The molecule has 0 unspecified atom stereocenters. The Bertz CT molecular complexity index is 1380. The smallest absolute Gasteiger partial charge is 0.342 e. The summed E-state index contributed by atoms with van der Waals surface area (Å²) in [6.45, 7) is -0.292. The molecule has 1 atom stereocenters. The Labute approximate surface area is 193 Å². The van der Waals surface area contributed by atoms with Gasteiger partial charge in [0.25, 0.3) is 5.91 Å². The lowest BCUT2D eigenvalue weighted by molar-refractivity contribution is -0.137. The highest BCUT2D eigenvalue weighted by molar-refractivity contribution is 6.31. The van der Waals surface area contributed by atoms with E-state index in [0.29, 0.717) is 12.1 Å². The van der Waals surface area contributed by atoms with E-state index >= 15 is 0 Å². The lowest BCUT2D eigenvalue weighted by atomic mass is 10.0. The molecule has 0 radical (unpaired) electrons. The number of halogens is 6. The molecule has 0 aliphatic carbocycles. The Hall–Kier alpha value is -3.91. The Morgan fingerprint density at radius 1 is 1.21 bits per heavy atom. The number of nitrogens with zero attached hydrogens (tertiary/aromatic N) is 2. The number of alkyl halides is 3. The van der Waals surface area contributed by atoms with Gasteiger partial charge in [0.05, 0.1) is 17.3 Å². The van der Waals surface area contributed by atoms with Crippen LogP contribution in [0.1, 0.15) is 39.0 Å². The van der Waals surface area contributed by atoms with E-state index in [1.165, 1.54) is 10.6 Å². The van der Waals surface area contributed by atoms with E-state index in [4.69, 9.17) is 18.0 Å². The second-order valence-electron chi connectivity index (χ2n) is 7.25. The normalized spacial score (nSPS) is 15.3. The summed E-state index contributed by atoms with van der Waals surface area (Å²) in [6, 6.07) is 3.68. The van der Waals surface area contributed by atoms with E-state index in [0.717, 1.165) is 12.1 Å². The van der Waals surface area contributed by atoms with Crippen molar-refractivity contribution in [1.82, 2.24) is 14.9 Å². The highest BCUT2D eigenvalue weighted by atomic mass is 35.5. The van der Waals surface area contributed by atoms with E-state index in [2.05, 4.69) is 21.5 Å². The Morgan fingerprint density at radius 2 is 1.94 bits per heavy atom. The number of amides is 2.